The summed E-state index contributed by atoms with van der Waals surface area (Å²) < 4.78 is 5.38. The Hall–Kier alpha value is -1.63. The number of nitrogens with zero attached hydrogens (tertiary/aromatic N) is 4. The predicted octanol–water partition coefficient (Wildman–Crippen LogP) is 1.74. The maximum Gasteiger partial charge on any atom is 0.232 e. The molecule has 1 aliphatic heterocycles. The molecule has 1 aromatic heterocycles. The molecule has 0 aliphatic carbocycles. The summed E-state index contributed by atoms with van der Waals surface area (Å²) in [7, 11) is 0. The van der Waals surface area contributed by atoms with Gasteiger partial charge in [-0.2, -0.15) is 15.0 Å². The van der Waals surface area contributed by atoms with Gasteiger partial charge in [0.25, 0.3) is 0 Å². The first-order valence-corrected chi connectivity index (χ1v) is 7.90. The number of anilines is 3. The molecule has 0 saturated carbocycles. The Morgan fingerprint density at radius 2 is 1.71 bits per heavy atom. The van der Waals surface area contributed by atoms with Crippen LogP contribution in [0.3, 0.4) is 0 Å². The predicted molar refractivity (Wildman–Crippen MR) is 85.0 cm³/mol. The average Bonchev–Trinajstić information content (AvgIpc) is 2.53. The van der Waals surface area contributed by atoms with Gasteiger partial charge in [-0.3, -0.25) is 0 Å². The molecule has 2 heterocycles. The van der Waals surface area contributed by atoms with Crippen LogP contribution in [0, 0.1) is 0 Å². The number of morpholine rings is 1. The Balaban J connectivity index is 2.05. The second-order valence-corrected chi connectivity index (χ2v) is 5.05. The van der Waals surface area contributed by atoms with Crippen molar-refractivity contribution in [2.75, 3.05) is 54.9 Å². The fraction of sp³-hybridized carbons (Fsp3) is 0.786. The van der Waals surface area contributed by atoms with Crippen molar-refractivity contribution in [2.45, 2.75) is 33.1 Å². The minimum atomic E-state index is 0.631. The zero-order valence-corrected chi connectivity index (χ0v) is 13.1. The van der Waals surface area contributed by atoms with Gasteiger partial charge in [-0.05, 0) is 13.3 Å². The number of hydrogen-bond donors (Lipinski definition) is 2. The van der Waals surface area contributed by atoms with Crippen LogP contribution in [-0.4, -0.2) is 54.3 Å². The van der Waals surface area contributed by atoms with Crippen LogP contribution in [0.1, 0.15) is 33.1 Å². The zero-order valence-electron chi connectivity index (χ0n) is 13.1. The summed E-state index contributed by atoms with van der Waals surface area (Å²) >= 11 is 0. The molecule has 2 rings (SSSR count). The Kier molecular flexibility index (Phi) is 6.46. The van der Waals surface area contributed by atoms with Gasteiger partial charge >= 0.3 is 0 Å². The second-order valence-electron chi connectivity index (χ2n) is 5.05. The molecule has 0 bridgehead atoms. The van der Waals surface area contributed by atoms with E-state index in [4.69, 9.17) is 4.74 Å². The molecule has 0 amide bonds. The van der Waals surface area contributed by atoms with Crippen molar-refractivity contribution in [1.82, 2.24) is 15.0 Å². The van der Waals surface area contributed by atoms with Crippen LogP contribution < -0.4 is 15.5 Å². The molecule has 1 aliphatic rings. The molecule has 0 spiro atoms. The third-order valence-corrected chi connectivity index (χ3v) is 3.32. The van der Waals surface area contributed by atoms with Crippen LogP contribution in [0.4, 0.5) is 17.8 Å². The van der Waals surface area contributed by atoms with Crippen LogP contribution in [0.5, 0.6) is 0 Å². The SMILES string of the molecule is CCCCCNc1nc(NCC)nc(N2CCOCC2)n1. The van der Waals surface area contributed by atoms with Gasteiger partial charge in [0.1, 0.15) is 0 Å². The zero-order chi connectivity index (χ0) is 14.9. The summed E-state index contributed by atoms with van der Waals surface area (Å²) in [6.07, 6.45) is 3.56. The molecule has 0 radical (unpaired) electrons. The van der Waals surface area contributed by atoms with Crippen LogP contribution in [-0.2, 0) is 4.74 Å². The summed E-state index contributed by atoms with van der Waals surface area (Å²) in [6.45, 7) is 9.02. The normalized spacial score (nSPS) is 15.0. The van der Waals surface area contributed by atoms with Crippen LogP contribution in [0.15, 0.2) is 0 Å². The smallest absolute Gasteiger partial charge is 0.232 e. The maximum atomic E-state index is 5.38. The van der Waals surface area contributed by atoms with Crippen molar-refractivity contribution >= 4 is 17.8 Å². The van der Waals surface area contributed by atoms with Gasteiger partial charge < -0.3 is 20.3 Å². The van der Waals surface area contributed by atoms with Gasteiger partial charge in [-0.15, -0.1) is 0 Å². The molecule has 118 valence electrons. The van der Waals surface area contributed by atoms with Crippen molar-refractivity contribution in [3.8, 4) is 0 Å². The van der Waals surface area contributed by atoms with Crippen molar-refractivity contribution < 1.29 is 4.74 Å². The fourth-order valence-corrected chi connectivity index (χ4v) is 2.16. The maximum absolute atomic E-state index is 5.38. The van der Waals surface area contributed by atoms with E-state index in [0.29, 0.717) is 11.9 Å². The van der Waals surface area contributed by atoms with Crippen LogP contribution in [0.2, 0.25) is 0 Å². The van der Waals surface area contributed by atoms with E-state index in [0.717, 1.165) is 51.8 Å². The third-order valence-electron chi connectivity index (χ3n) is 3.32. The topological polar surface area (TPSA) is 75.2 Å². The lowest BCUT2D eigenvalue weighted by molar-refractivity contribution is 0.122. The van der Waals surface area contributed by atoms with Gasteiger partial charge in [-0.1, -0.05) is 19.8 Å². The highest BCUT2D eigenvalue weighted by Gasteiger charge is 2.16. The van der Waals surface area contributed by atoms with E-state index >= 15 is 0 Å². The molecule has 2 N–H and O–H groups in total. The summed E-state index contributed by atoms with van der Waals surface area (Å²) in [5.74, 6) is 2.01. The largest absolute Gasteiger partial charge is 0.378 e. The Morgan fingerprint density at radius 1 is 1.00 bits per heavy atom. The van der Waals surface area contributed by atoms with E-state index in [1.54, 1.807) is 0 Å². The van der Waals surface area contributed by atoms with E-state index in [2.05, 4.69) is 37.4 Å². The summed E-state index contributed by atoms with van der Waals surface area (Å²) in [5.41, 5.74) is 0. The molecule has 0 unspecified atom stereocenters. The summed E-state index contributed by atoms with van der Waals surface area (Å²) in [4.78, 5) is 15.6. The highest BCUT2D eigenvalue weighted by atomic mass is 16.5. The molecule has 1 aromatic rings. The standard InChI is InChI=1S/C14H26N6O/c1-3-5-6-7-16-13-17-12(15-4-2)18-14(19-13)20-8-10-21-11-9-20/h3-11H2,1-2H3,(H2,15,16,17,18,19). The monoisotopic (exact) mass is 294 g/mol. The first kappa shape index (κ1) is 15.8. The Labute approximate surface area is 126 Å². The lowest BCUT2D eigenvalue weighted by Crippen LogP contribution is -2.37. The van der Waals surface area contributed by atoms with Gasteiger partial charge in [0.05, 0.1) is 13.2 Å². The number of ether oxygens (including phenoxy) is 1. The Bertz CT molecular complexity index is 422. The number of nitrogens with one attached hydrogen (secondary N) is 2. The molecule has 7 nitrogen and oxygen atoms in total. The van der Waals surface area contributed by atoms with Crippen LogP contribution >= 0.6 is 0 Å². The summed E-state index contributed by atoms with van der Waals surface area (Å²) in [5, 5.41) is 6.47. The number of hydrogen-bond acceptors (Lipinski definition) is 7. The van der Waals surface area contributed by atoms with Gasteiger partial charge in [0.15, 0.2) is 0 Å². The first-order valence-electron chi connectivity index (χ1n) is 7.90. The summed E-state index contributed by atoms with van der Waals surface area (Å²) in [6, 6.07) is 0. The molecule has 1 fully saturated rings. The quantitative estimate of drug-likeness (QED) is 0.707. The van der Waals surface area contributed by atoms with E-state index in [9.17, 15) is 0 Å². The fourth-order valence-electron chi connectivity index (χ4n) is 2.16. The number of rotatable bonds is 8. The number of aromatic nitrogens is 3. The minimum Gasteiger partial charge on any atom is -0.378 e. The molecular weight excluding hydrogens is 268 g/mol. The molecule has 0 atom stereocenters. The molecule has 0 aromatic carbocycles. The lowest BCUT2D eigenvalue weighted by atomic mass is 10.2. The van der Waals surface area contributed by atoms with Gasteiger partial charge in [0.2, 0.25) is 17.8 Å². The minimum absolute atomic E-state index is 0.631. The van der Waals surface area contributed by atoms with E-state index in [-0.39, 0.29) is 0 Å². The lowest BCUT2D eigenvalue weighted by Gasteiger charge is -2.27. The van der Waals surface area contributed by atoms with Crippen molar-refractivity contribution in [1.29, 1.82) is 0 Å². The van der Waals surface area contributed by atoms with Crippen molar-refractivity contribution in [2.24, 2.45) is 0 Å². The third kappa shape index (κ3) is 5.00. The van der Waals surface area contributed by atoms with E-state index < -0.39 is 0 Å². The van der Waals surface area contributed by atoms with Gasteiger partial charge in [-0.25, -0.2) is 0 Å². The van der Waals surface area contributed by atoms with E-state index in [1.807, 2.05) is 6.92 Å². The molecule has 21 heavy (non-hydrogen) atoms. The van der Waals surface area contributed by atoms with Crippen LogP contribution in [0.25, 0.3) is 0 Å². The molecule has 1 saturated heterocycles. The van der Waals surface area contributed by atoms with Gasteiger partial charge in [0, 0.05) is 26.2 Å². The highest BCUT2D eigenvalue weighted by Crippen LogP contribution is 2.15. The average molecular weight is 294 g/mol. The van der Waals surface area contributed by atoms with Crippen molar-refractivity contribution in [3.63, 3.8) is 0 Å². The Morgan fingerprint density at radius 3 is 2.38 bits per heavy atom. The molecule has 7 heteroatoms. The van der Waals surface area contributed by atoms with E-state index in [1.165, 1.54) is 12.8 Å². The molecular formula is C14H26N6O. The second kappa shape index (κ2) is 8.61. The highest BCUT2D eigenvalue weighted by molar-refractivity contribution is 5.44. The first-order chi connectivity index (χ1) is 10.3. The van der Waals surface area contributed by atoms with Crippen molar-refractivity contribution in [3.05, 3.63) is 0 Å². The number of unbranched alkanes of at least 4 members (excludes halogenated alkanes) is 2.